The molecular formula is C20H26N2O3. The molecule has 0 spiro atoms. The van der Waals surface area contributed by atoms with E-state index in [-0.39, 0.29) is 23.4 Å². The zero-order chi connectivity index (χ0) is 17.8. The van der Waals surface area contributed by atoms with Gasteiger partial charge in [0.05, 0.1) is 5.41 Å². The van der Waals surface area contributed by atoms with E-state index in [1.165, 1.54) is 5.56 Å². The molecule has 1 aliphatic heterocycles. The summed E-state index contributed by atoms with van der Waals surface area (Å²) in [7, 11) is 0. The number of carboxylic acids is 1. The second-order valence-electron chi connectivity index (χ2n) is 8.31. The van der Waals surface area contributed by atoms with E-state index in [4.69, 9.17) is 0 Å². The Morgan fingerprint density at radius 1 is 1.28 bits per heavy atom. The van der Waals surface area contributed by atoms with Crippen LogP contribution in [0, 0.1) is 10.8 Å². The molecule has 0 saturated heterocycles. The van der Waals surface area contributed by atoms with Crippen molar-refractivity contribution in [2.75, 3.05) is 11.4 Å². The first-order valence-electron chi connectivity index (χ1n) is 9.27. The van der Waals surface area contributed by atoms with Crippen molar-refractivity contribution in [3.63, 3.8) is 0 Å². The molecule has 1 heterocycles. The third-order valence-corrected chi connectivity index (χ3v) is 6.48. The van der Waals surface area contributed by atoms with Gasteiger partial charge in [-0.1, -0.05) is 25.1 Å². The number of nitrogens with zero attached hydrogens (tertiary/aromatic N) is 1. The summed E-state index contributed by atoms with van der Waals surface area (Å²) in [5, 5.41) is 13.0. The molecule has 5 rings (SSSR count). The van der Waals surface area contributed by atoms with Gasteiger partial charge in [-0.2, -0.15) is 0 Å². The number of aliphatic carboxylic acids is 1. The molecule has 2 atom stereocenters. The molecule has 3 saturated carbocycles. The van der Waals surface area contributed by atoms with Crippen LogP contribution in [0.15, 0.2) is 24.3 Å². The van der Waals surface area contributed by atoms with Gasteiger partial charge in [0, 0.05) is 30.7 Å². The van der Waals surface area contributed by atoms with Gasteiger partial charge in [-0.15, -0.1) is 0 Å². The monoisotopic (exact) mass is 342 g/mol. The molecule has 3 fully saturated rings. The minimum absolute atomic E-state index is 0.165. The summed E-state index contributed by atoms with van der Waals surface area (Å²) >= 11 is 0. The van der Waals surface area contributed by atoms with Gasteiger partial charge in [0.1, 0.15) is 0 Å². The van der Waals surface area contributed by atoms with Crippen LogP contribution < -0.4 is 10.2 Å². The number of hydrogen-bond acceptors (Lipinski definition) is 3. The molecule has 5 heteroatoms. The van der Waals surface area contributed by atoms with Gasteiger partial charge >= 0.3 is 5.97 Å². The van der Waals surface area contributed by atoms with E-state index in [1.54, 1.807) is 0 Å². The van der Waals surface area contributed by atoms with Crippen LogP contribution in [0.4, 0.5) is 5.69 Å². The maximum absolute atomic E-state index is 12.4. The first-order valence-corrected chi connectivity index (χ1v) is 9.27. The van der Waals surface area contributed by atoms with Crippen LogP contribution >= 0.6 is 0 Å². The summed E-state index contributed by atoms with van der Waals surface area (Å²) in [5.41, 5.74) is 1.98. The molecule has 1 amide bonds. The molecular weight excluding hydrogens is 316 g/mol. The van der Waals surface area contributed by atoms with E-state index >= 15 is 0 Å². The van der Waals surface area contributed by atoms with Gasteiger partial charge in [0.25, 0.3) is 0 Å². The third-order valence-electron chi connectivity index (χ3n) is 6.48. The summed E-state index contributed by atoms with van der Waals surface area (Å²) in [6.45, 7) is 4.89. The lowest BCUT2D eigenvalue weighted by atomic mass is 9.35. The van der Waals surface area contributed by atoms with E-state index in [9.17, 15) is 14.7 Å². The fraction of sp³-hybridized carbons (Fsp3) is 0.600. The highest BCUT2D eigenvalue weighted by atomic mass is 16.4. The Hall–Kier alpha value is -1.88. The van der Waals surface area contributed by atoms with Crippen molar-refractivity contribution >= 4 is 17.6 Å². The van der Waals surface area contributed by atoms with Gasteiger partial charge in [-0.05, 0) is 49.7 Å². The van der Waals surface area contributed by atoms with Crippen LogP contribution in [0.5, 0.6) is 0 Å². The number of rotatable bonds is 5. The second-order valence-corrected chi connectivity index (χ2v) is 8.31. The van der Waals surface area contributed by atoms with Crippen LogP contribution in [0.25, 0.3) is 0 Å². The Labute approximate surface area is 148 Å². The average molecular weight is 342 g/mol. The molecule has 2 bridgehead atoms. The Kier molecular flexibility index (Phi) is 3.69. The van der Waals surface area contributed by atoms with Crippen molar-refractivity contribution in [1.82, 2.24) is 5.32 Å². The minimum Gasteiger partial charge on any atom is -0.481 e. The van der Waals surface area contributed by atoms with Gasteiger partial charge in [0.15, 0.2) is 0 Å². The van der Waals surface area contributed by atoms with E-state index in [0.29, 0.717) is 6.42 Å². The lowest BCUT2D eigenvalue weighted by Gasteiger charge is -2.68. The number of nitrogens with one attached hydrogen (secondary N) is 1. The predicted octanol–water partition coefficient (Wildman–Crippen LogP) is 3.11. The Morgan fingerprint density at radius 2 is 1.96 bits per heavy atom. The predicted molar refractivity (Wildman–Crippen MR) is 95.4 cm³/mol. The zero-order valence-corrected chi connectivity index (χ0v) is 14.9. The zero-order valence-electron chi connectivity index (χ0n) is 14.9. The summed E-state index contributed by atoms with van der Waals surface area (Å²) in [6.07, 6.45) is 3.84. The van der Waals surface area contributed by atoms with Crippen molar-refractivity contribution < 1.29 is 14.7 Å². The quantitative estimate of drug-likeness (QED) is 0.863. The molecule has 3 aliphatic carbocycles. The Balaban J connectivity index is 1.48. The fourth-order valence-corrected chi connectivity index (χ4v) is 5.31. The molecule has 25 heavy (non-hydrogen) atoms. The average Bonchev–Trinajstić information content (AvgIpc) is 2.51. The third kappa shape index (κ3) is 2.40. The maximum atomic E-state index is 12.4. The Morgan fingerprint density at radius 3 is 2.60 bits per heavy atom. The largest absolute Gasteiger partial charge is 0.481 e. The fourth-order valence-electron chi connectivity index (χ4n) is 5.31. The number of carbonyl (C=O) groups excluding carboxylic acids is 1. The van der Waals surface area contributed by atoms with Gasteiger partial charge in [-0.3, -0.25) is 9.59 Å². The molecule has 5 nitrogen and oxygen atoms in total. The maximum Gasteiger partial charge on any atom is 0.309 e. The summed E-state index contributed by atoms with van der Waals surface area (Å²) in [4.78, 5) is 25.6. The lowest BCUT2D eigenvalue weighted by Crippen LogP contribution is -2.68. The number of hydrogen-bond donors (Lipinski definition) is 2. The van der Waals surface area contributed by atoms with Crippen LogP contribution in [0.3, 0.4) is 0 Å². The highest BCUT2D eigenvalue weighted by Crippen LogP contribution is 2.73. The van der Waals surface area contributed by atoms with Crippen molar-refractivity contribution in [2.45, 2.75) is 58.0 Å². The molecule has 4 aliphatic rings. The summed E-state index contributed by atoms with van der Waals surface area (Å²) < 4.78 is 0. The highest BCUT2D eigenvalue weighted by Gasteiger charge is 2.71. The van der Waals surface area contributed by atoms with Crippen molar-refractivity contribution in [3.05, 3.63) is 29.8 Å². The number of carboxylic acid groups (broad SMARTS) is 1. The van der Waals surface area contributed by atoms with E-state index in [0.717, 1.165) is 37.9 Å². The van der Waals surface area contributed by atoms with Crippen LogP contribution in [0.2, 0.25) is 0 Å². The SMILES string of the molecule is CCC(=O)N1c2ccccc2[C@H](NCC23CC(C(=O)O)(C2)C3)C[C@@H]1C. The molecule has 0 unspecified atom stereocenters. The van der Waals surface area contributed by atoms with Gasteiger partial charge in [0.2, 0.25) is 5.91 Å². The van der Waals surface area contributed by atoms with Crippen LogP contribution in [0.1, 0.15) is 57.6 Å². The summed E-state index contributed by atoms with van der Waals surface area (Å²) in [6, 6.07) is 8.55. The number of carbonyl (C=O) groups is 2. The van der Waals surface area contributed by atoms with E-state index < -0.39 is 11.4 Å². The Bertz CT molecular complexity index is 710. The minimum atomic E-state index is -0.625. The molecule has 2 N–H and O–H groups in total. The molecule has 134 valence electrons. The normalized spacial score (nSPS) is 35.4. The first kappa shape index (κ1) is 16.6. The topological polar surface area (TPSA) is 69.6 Å². The molecule has 0 radical (unpaired) electrons. The smallest absolute Gasteiger partial charge is 0.309 e. The number of para-hydroxylation sites is 1. The number of anilines is 1. The van der Waals surface area contributed by atoms with Gasteiger partial charge < -0.3 is 15.3 Å². The molecule has 0 aromatic heterocycles. The molecule has 1 aromatic rings. The summed E-state index contributed by atoms with van der Waals surface area (Å²) in [5.74, 6) is -0.457. The second kappa shape index (κ2) is 5.56. The van der Waals surface area contributed by atoms with E-state index in [1.807, 2.05) is 30.0 Å². The van der Waals surface area contributed by atoms with Crippen LogP contribution in [-0.4, -0.2) is 29.6 Å². The van der Waals surface area contributed by atoms with Crippen LogP contribution in [-0.2, 0) is 9.59 Å². The van der Waals surface area contributed by atoms with E-state index in [2.05, 4.69) is 18.3 Å². The van der Waals surface area contributed by atoms with Crippen molar-refractivity contribution in [3.8, 4) is 0 Å². The molecule has 1 aromatic carbocycles. The van der Waals surface area contributed by atoms with Crippen molar-refractivity contribution in [2.24, 2.45) is 10.8 Å². The highest BCUT2D eigenvalue weighted by molar-refractivity contribution is 5.95. The number of fused-ring (bicyclic) bond motifs is 1. The number of amides is 1. The van der Waals surface area contributed by atoms with Crippen molar-refractivity contribution in [1.29, 1.82) is 0 Å². The standard InChI is InChI=1S/C20H26N2O3/c1-3-17(23)22-13(2)8-15(14-6-4-5-7-16(14)22)21-12-19-9-20(10-19,11-19)18(24)25/h4-7,13,15,21H,3,8-12H2,1-2H3,(H,24,25)/t13-,15+,19?,20?/m0/s1. The first-order chi connectivity index (χ1) is 11.9. The van der Waals surface area contributed by atoms with Gasteiger partial charge in [-0.25, -0.2) is 0 Å². The number of benzene rings is 1. The lowest BCUT2D eigenvalue weighted by molar-refractivity contribution is -0.221.